The first kappa shape index (κ1) is 13.3. The molecule has 0 aromatic heterocycles. The molecule has 0 spiro atoms. The molecule has 0 bridgehead atoms. The molecular weight excluding hydrogens is 164 g/mol. The van der Waals surface area contributed by atoms with Gasteiger partial charge >= 0.3 is 0 Å². The molecule has 0 saturated heterocycles. The molecule has 0 fully saturated rings. The van der Waals surface area contributed by atoms with Crippen LogP contribution in [-0.4, -0.2) is 6.21 Å². The Hall–Kier alpha value is -2.33. The Bertz CT molecular complexity index is 255. The predicted octanol–water partition coefficient (Wildman–Crippen LogP) is 1.17. The van der Waals surface area contributed by atoms with Crippen LogP contribution >= 0.6 is 0 Å². The number of nitrogens with zero attached hydrogens (tertiary/aromatic N) is 3. The highest BCUT2D eigenvalue weighted by Crippen LogP contribution is 1.92. The van der Waals surface area contributed by atoms with Crippen LogP contribution in [0.3, 0.4) is 0 Å². The van der Waals surface area contributed by atoms with Crippen molar-refractivity contribution in [3.05, 3.63) is 49.0 Å². The summed E-state index contributed by atoms with van der Waals surface area (Å²) in [4.78, 5) is 0. The maximum atomic E-state index is 6.25. The second kappa shape index (κ2) is 12.4. The van der Waals surface area contributed by atoms with E-state index in [2.05, 4.69) is 5.10 Å². The first-order valence-electron chi connectivity index (χ1n) is 3.16. The zero-order valence-electron chi connectivity index (χ0n) is 6.88. The number of nitrogens with two attached hydrogens (primary N) is 1. The zero-order valence-corrected chi connectivity index (χ0v) is 6.88. The fourth-order valence-electron chi connectivity index (χ4n) is 0.625. The maximum absolute atomic E-state index is 6.25. The molecule has 1 aromatic rings. The molecule has 4 heteroatoms. The Labute approximate surface area is 77.5 Å². The zero-order chi connectivity index (χ0) is 10.5. The molecule has 0 amide bonds. The van der Waals surface area contributed by atoms with Gasteiger partial charge in [-0.05, 0) is 5.56 Å². The van der Waals surface area contributed by atoms with Gasteiger partial charge in [-0.3, -0.25) is 0 Å². The van der Waals surface area contributed by atoms with Crippen LogP contribution in [0.15, 0.2) is 35.4 Å². The Kier molecular flexibility index (Phi) is 12.6. The van der Waals surface area contributed by atoms with E-state index in [9.17, 15) is 0 Å². The standard InChI is InChI=1S/C7H8N2.2CN/c8-9-6-7-4-2-1-3-5-7;2*1-2/h1-6H,8H2;;/q;2*-1/b9-6+;;. The molecule has 13 heavy (non-hydrogen) atoms. The van der Waals surface area contributed by atoms with E-state index in [1.165, 1.54) is 0 Å². The lowest BCUT2D eigenvalue weighted by Crippen LogP contribution is -1.83. The molecule has 66 valence electrons. The van der Waals surface area contributed by atoms with Crippen LogP contribution in [0.25, 0.3) is 0 Å². The molecule has 0 aliphatic heterocycles. The Balaban J connectivity index is 0. The minimum atomic E-state index is 1.03. The van der Waals surface area contributed by atoms with Gasteiger partial charge in [0.15, 0.2) is 0 Å². The second-order valence-electron chi connectivity index (χ2n) is 1.69. The molecule has 0 unspecified atom stereocenters. The van der Waals surface area contributed by atoms with Gasteiger partial charge < -0.3 is 29.5 Å². The van der Waals surface area contributed by atoms with E-state index in [1.807, 2.05) is 30.3 Å². The average molecular weight is 172 g/mol. The number of rotatable bonds is 1. The van der Waals surface area contributed by atoms with Crippen LogP contribution < -0.4 is 5.84 Å². The van der Waals surface area contributed by atoms with Gasteiger partial charge in [0.1, 0.15) is 0 Å². The van der Waals surface area contributed by atoms with E-state index in [1.54, 1.807) is 6.21 Å². The third-order valence-electron chi connectivity index (χ3n) is 1.02. The smallest absolute Gasteiger partial charge is 0.0538 e. The summed E-state index contributed by atoms with van der Waals surface area (Å²) in [6, 6.07) is 9.72. The molecule has 1 aromatic carbocycles. The second-order valence-corrected chi connectivity index (χ2v) is 1.69. The Morgan fingerprint density at radius 3 is 1.92 bits per heavy atom. The largest absolute Gasteiger partial charge is 0.512 e. The molecule has 4 nitrogen and oxygen atoms in total. The molecule has 0 radical (unpaired) electrons. The van der Waals surface area contributed by atoms with Crippen molar-refractivity contribution in [2.24, 2.45) is 10.9 Å². The number of hydrogen-bond acceptors (Lipinski definition) is 4. The van der Waals surface area contributed by atoms with Crippen molar-refractivity contribution in [1.82, 2.24) is 0 Å². The molecule has 0 aliphatic rings. The van der Waals surface area contributed by atoms with Crippen molar-refractivity contribution < 1.29 is 0 Å². The Morgan fingerprint density at radius 1 is 1.08 bits per heavy atom. The van der Waals surface area contributed by atoms with Gasteiger partial charge in [-0.1, -0.05) is 30.3 Å². The average Bonchev–Trinajstić information content (AvgIpc) is 2.26. The molecule has 1 rings (SSSR count). The topological polar surface area (TPSA) is 86.0 Å². The molecule has 0 aliphatic carbocycles. The SMILES string of the molecule is N/N=C/c1ccccc1.[C-]#N.[C-]#N. The van der Waals surface area contributed by atoms with Crippen LogP contribution in [0, 0.1) is 23.7 Å². The van der Waals surface area contributed by atoms with Gasteiger partial charge in [-0.2, -0.15) is 5.10 Å². The van der Waals surface area contributed by atoms with Gasteiger partial charge in [0, 0.05) is 0 Å². The molecule has 2 N–H and O–H groups in total. The van der Waals surface area contributed by atoms with E-state index in [0.717, 1.165) is 5.56 Å². The number of hydrazone groups is 1. The fraction of sp³-hybridized carbons (Fsp3) is 0. The van der Waals surface area contributed by atoms with Crippen molar-refractivity contribution in [1.29, 1.82) is 10.5 Å². The lowest BCUT2D eigenvalue weighted by Gasteiger charge is -1.85. The van der Waals surface area contributed by atoms with Gasteiger partial charge in [0.2, 0.25) is 0 Å². The number of benzene rings is 1. The van der Waals surface area contributed by atoms with E-state index in [0.29, 0.717) is 0 Å². The normalized spacial score (nSPS) is 7.38. The van der Waals surface area contributed by atoms with Crippen molar-refractivity contribution in [3.8, 4) is 0 Å². The molecule has 0 saturated carbocycles. The van der Waals surface area contributed by atoms with Crippen LogP contribution in [-0.2, 0) is 0 Å². The summed E-state index contributed by atoms with van der Waals surface area (Å²) in [5.74, 6) is 4.93. The van der Waals surface area contributed by atoms with E-state index in [-0.39, 0.29) is 0 Å². The van der Waals surface area contributed by atoms with Crippen LogP contribution in [0.4, 0.5) is 0 Å². The van der Waals surface area contributed by atoms with E-state index >= 15 is 0 Å². The third-order valence-corrected chi connectivity index (χ3v) is 1.02. The van der Waals surface area contributed by atoms with Gasteiger partial charge in [0.05, 0.1) is 6.21 Å². The summed E-state index contributed by atoms with van der Waals surface area (Å²) >= 11 is 0. The highest BCUT2D eigenvalue weighted by molar-refractivity contribution is 5.78. The minimum Gasteiger partial charge on any atom is -0.512 e. The summed E-state index contributed by atoms with van der Waals surface area (Å²) < 4.78 is 0. The lowest BCUT2D eigenvalue weighted by atomic mass is 10.2. The monoisotopic (exact) mass is 172 g/mol. The van der Waals surface area contributed by atoms with Gasteiger partial charge in [-0.25, -0.2) is 0 Å². The molecule has 0 atom stereocenters. The first-order chi connectivity index (χ1) is 6.43. The highest BCUT2D eigenvalue weighted by atomic mass is 15.1. The quantitative estimate of drug-likeness (QED) is 0.298. The van der Waals surface area contributed by atoms with Gasteiger partial charge in [-0.15, -0.1) is 0 Å². The molecular formula is C9H8N4-2. The maximum Gasteiger partial charge on any atom is 0.0538 e. The predicted molar refractivity (Wildman–Crippen MR) is 48.2 cm³/mol. The fourth-order valence-corrected chi connectivity index (χ4v) is 0.625. The van der Waals surface area contributed by atoms with Crippen molar-refractivity contribution in [2.75, 3.05) is 0 Å². The van der Waals surface area contributed by atoms with Crippen LogP contribution in [0.1, 0.15) is 5.56 Å². The first-order valence-corrected chi connectivity index (χ1v) is 3.16. The summed E-state index contributed by atoms with van der Waals surface area (Å²) in [5, 5.41) is 15.9. The summed E-state index contributed by atoms with van der Waals surface area (Å²) in [6.45, 7) is 9.50. The van der Waals surface area contributed by atoms with Gasteiger partial charge in [0.25, 0.3) is 0 Å². The van der Waals surface area contributed by atoms with Crippen LogP contribution in [0.5, 0.6) is 0 Å². The third kappa shape index (κ3) is 7.57. The summed E-state index contributed by atoms with van der Waals surface area (Å²) in [5.41, 5.74) is 1.03. The van der Waals surface area contributed by atoms with Crippen LogP contribution in [0.2, 0.25) is 0 Å². The summed E-state index contributed by atoms with van der Waals surface area (Å²) in [7, 11) is 0. The van der Waals surface area contributed by atoms with E-state index in [4.69, 9.17) is 29.5 Å². The number of hydrogen-bond donors (Lipinski definition) is 1. The molecule has 0 heterocycles. The summed E-state index contributed by atoms with van der Waals surface area (Å²) in [6.07, 6.45) is 1.61. The Morgan fingerprint density at radius 2 is 1.54 bits per heavy atom. The van der Waals surface area contributed by atoms with Crippen molar-refractivity contribution in [3.63, 3.8) is 0 Å². The highest BCUT2D eigenvalue weighted by Gasteiger charge is 1.79. The minimum absolute atomic E-state index is 1.03. The lowest BCUT2D eigenvalue weighted by molar-refractivity contribution is 1.26. The van der Waals surface area contributed by atoms with Crippen molar-refractivity contribution >= 4 is 6.21 Å². The van der Waals surface area contributed by atoms with E-state index < -0.39 is 0 Å². The van der Waals surface area contributed by atoms with Crippen molar-refractivity contribution in [2.45, 2.75) is 0 Å².